The number of hydrogen-bond acceptors (Lipinski definition) is 7. The lowest BCUT2D eigenvalue weighted by molar-refractivity contribution is -0.152. The van der Waals surface area contributed by atoms with Crippen molar-refractivity contribution in [2.45, 2.75) is 32.1 Å². The van der Waals surface area contributed by atoms with Crippen LogP contribution in [0, 0.1) is 17.6 Å². The number of esters is 2. The van der Waals surface area contributed by atoms with Gasteiger partial charge in [0.05, 0.1) is 30.4 Å². The Labute approximate surface area is 242 Å². The first-order valence-electron chi connectivity index (χ1n) is 13.7. The number of carbonyl (C=O) groups excluding carboxylic acids is 3. The molecular formula is C33H30F2N2O5. The molecule has 42 heavy (non-hydrogen) atoms. The Morgan fingerprint density at radius 2 is 1.52 bits per heavy atom. The molecule has 1 heterocycles. The maximum absolute atomic E-state index is 15.4. The number of nitrogens with zero attached hydrogens (tertiary/aromatic N) is 1. The van der Waals surface area contributed by atoms with Gasteiger partial charge in [-0.05, 0) is 55.7 Å². The van der Waals surface area contributed by atoms with Crippen molar-refractivity contribution in [3.05, 3.63) is 124 Å². The van der Waals surface area contributed by atoms with E-state index in [0.29, 0.717) is 16.8 Å². The van der Waals surface area contributed by atoms with Gasteiger partial charge in [-0.25, -0.2) is 13.6 Å². The lowest BCUT2D eigenvalue weighted by Gasteiger charge is -2.44. The molecule has 5 rings (SSSR count). The molecule has 0 fully saturated rings. The number of hydrogen-bond donors (Lipinski definition) is 1. The molecule has 7 nitrogen and oxygen atoms in total. The van der Waals surface area contributed by atoms with Crippen LogP contribution in [0.5, 0.6) is 0 Å². The number of nitrogens with two attached hydrogens (primary N) is 1. The summed E-state index contributed by atoms with van der Waals surface area (Å²) < 4.78 is 40.2. The van der Waals surface area contributed by atoms with Crippen molar-refractivity contribution in [2.75, 3.05) is 18.1 Å². The maximum Gasteiger partial charge on any atom is 0.338 e. The Balaban J connectivity index is 1.83. The number of ether oxygens (including phenoxy) is 2. The highest BCUT2D eigenvalue weighted by molar-refractivity contribution is 6.14. The van der Waals surface area contributed by atoms with Crippen LogP contribution in [-0.2, 0) is 23.9 Å². The second-order valence-electron chi connectivity index (χ2n) is 9.97. The first-order valence-corrected chi connectivity index (χ1v) is 13.7. The van der Waals surface area contributed by atoms with Gasteiger partial charge in [-0.2, -0.15) is 0 Å². The SMILES string of the molecule is CCOC(=O)C1=C(N)N(c2ccccc2F)C2=C(C(=O)[C@H](C(=O)OCC)[C@H](c3ccccc3)C2)[C@H]1c1ccc(F)cc1. The molecule has 9 heteroatoms. The highest BCUT2D eigenvalue weighted by Gasteiger charge is 2.51. The Bertz CT molecular complexity index is 1580. The highest BCUT2D eigenvalue weighted by Crippen LogP contribution is 2.51. The van der Waals surface area contributed by atoms with E-state index in [9.17, 15) is 18.8 Å². The average molecular weight is 573 g/mol. The van der Waals surface area contributed by atoms with E-state index in [1.807, 2.05) is 18.2 Å². The smallest absolute Gasteiger partial charge is 0.338 e. The fourth-order valence-corrected chi connectivity index (χ4v) is 5.85. The van der Waals surface area contributed by atoms with E-state index >= 15 is 4.39 Å². The Morgan fingerprint density at radius 1 is 0.881 bits per heavy atom. The molecule has 0 aromatic heterocycles. The van der Waals surface area contributed by atoms with Gasteiger partial charge in [-0.3, -0.25) is 14.5 Å². The van der Waals surface area contributed by atoms with Gasteiger partial charge in [-0.15, -0.1) is 0 Å². The van der Waals surface area contributed by atoms with Crippen molar-refractivity contribution in [1.29, 1.82) is 0 Å². The zero-order valence-corrected chi connectivity index (χ0v) is 23.2. The number of Topliss-reactive ketones (excluding diaryl/α,β-unsaturated/α-hetero) is 1. The summed E-state index contributed by atoms with van der Waals surface area (Å²) in [6.07, 6.45) is 0.0946. The number of halogens is 2. The largest absolute Gasteiger partial charge is 0.465 e. The standard InChI is InChI=1S/C33H30F2N2O5/c1-3-41-32(39)27-22(19-10-6-5-7-11-19)18-25-28(30(27)38)26(20-14-16-21(34)17-15-20)29(33(40)42-4-2)31(36)37(25)24-13-9-8-12-23(24)35/h5-17,22,26-27H,3-4,18,36H2,1-2H3/t22-,26+,27+/m0/s1. The summed E-state index contributed by atoms with van der Waals surface area (Å²) >= 11 is 0. The van der Waals surface area contributed by atoms with Gasteiger partial charge < -0.3 is 15.2 Å². The molecule has 3 atom stereocenters. The molecule has 1 aliphatic heterocycles. The second kappa shape index (κ2) is 12.0. The fraction of sp³-hybridized carbons (Fsp3) is 0.242. The molecule has 3 aromatic carbocycles. The minimum absolute atomic E-state index is 0.00678. The molecule has 2 aliphatic rings. The van der Waals surface area contributed by atoms with Crippen LogP contribution in [-0.4, -0.2) is 30.9 Å². The molecule has 0 saturated carbocycles. The third-order valence-electron chi connectivity index (χ3n) is 7.60. The molecule has 1 aliphatic carbocycles. The minimum Gasteiger partial charge on any atom is -0.465 e. The second-order valence-corrected chi connectivity index (χ2v) is 9.97. The van der Waals surface area contributed by atoms with E-state index in [1.54, 1.807) is 32.0 Å². The normalized spacial score (nSPS) is 20.3. The van der Waals surface area contributed by atoms with Crippen molar-refractivity contribution in [3.8, 4) is 0 Å². The van der Waals surface area contributed by atoms with Crippen molar-refractivity contribution in [2.24, 2.45) is 11.7 Å². The quantitative estimate of drug-likeness (QED) is 0.295. The number of benzene rings is 3. The van der Waals surface area contributed by atoms with Crippen LogP contribution in [0.1, 0.15) is 43.2 Å². The molecule has 0 radical (unpaired) electrons. The highest BCUT2D eigenvalue weighted by atomic mass is 19.1. The summed E-state index contributed by atoms with van der Waals surface area (Å²) in [4.78, 5) is 43.0. The average Bonchev–Trinajstić information content (AvgIpc) is 2.98. The lowest BCUT2D eigenvalue weighted by Crippen LogP contribution is -2.46. The number of carbonyl (C=O) groups is 3. The van der Waals surface area contributed by atoms with E-state index in [4.69, 9.17) is 15.2 Å². The zero-order valence-electron chi connectivity index (χ0n) is 23.2. The van der Waals surface area contributed by atoms with Gasteiger partial charge in [0.1, 0.15) is 23.4 Å². The molecule has 0 amide bonds. The first kappa shape index (κ1) is 28.7. The fourth-order valence-electron chi connectivity index (χ4n) is 5.85. The van der Waals surface area contributed by atoms with E-state index < -0.39 is 47.1 Å². The molecule has 3 aromatic rings. The van der Waals surface area contributed by atoms with Crippen LogP contribution >= 0.6 is 0 Å². The Morgan fingerprint density at radius 3 is 2.17 bits per heavy atom. The van der Waals surface area contributed by atoms with Gasteiger partial charge in [0, 0.05) is 17.2 Å². The molecule has 216 valence electrons. The number of rotatable bonds is 7. The summed E-state index contributed by atoms with van der Waals surface area (Å²) in [7, 11) is 0. The summed E-state index contributed by atoms with van der Waals surface area (Å²) in [5.74, 6) is -6.42. The zero-order chi connectivity index (χ0) is 30.0. The van der Waals surface area contributed by atoms with Crippen LogP contribution in [0.4, 0.5) is 14.5 Å². The van der Waals surface area contributed by atoms with Crippen LogP contribution < -0.4 is 10.6 Å². The van der Waals surface area contributed by atoms with E-state index in [-0.39, 0.29) is 42.3 Å². The summed E-state index contributed by atoms with van der Waals surface area (Å²) in [5.41, 5.74) is 8.14. The monoisotopic (exact) mass is 572 g/mol. The molecular weight excluding hydrogens is 542 g/mol. The summed E-state index contributed by atoms with van der Waals surface area (Å²) in [6.45, 7) is 3.33. The van der Waals surface area contributed by atoms with Crippen molar-refractivity contribution in [3.63, 3.8) is 0 Å². The Hall–Kier alpha value is -4.79. The van der Waals surface area contributed by atoms with Gasteiger partial charge in [0.15, 0.2) is 5.78 Å². The van der Waals surface area contributed by atoms with Crippen LogP contribution in [0.2, 0.25) is 0 Å². The maximum atomic E-state index is 15.4. The third kappa shape index (κ3) is 5.06. The number of allylic oxidation sites excluding steroid dienone is 2. The van der Waals surface area contributed by atoms with Crippen LogP contribution in [0.3, 0.4) is 0 Å². The Kier molecular flexibility index (Phi) is 8.20. The lowest BCUT2D eigenvalue weighted by atomic mass is 9.67. The van der Waals surface area contributed by atoms with Crippen LogP contribution in [0.15, 0.2) is 102 Å². The van der Waals surface area contributed by atoms with Crippen LogP contribution in [0.25, 0.3) is 0 Å². The van der Waals surface area contributed by atoms with Gasteiger partial charge in [0.25, 0.3) is 0 Å². The van der Waals surface area contributed by atoms with E-state index in [1.165, 1.54) is 47.4 Å². The topological polar surface area (TPSA) is 98.9 Å². The molecule has 2 N–H and O–H groups in total. The third-order valence-corrected chi connectivity index (χ3v) is 7.60. The van der Waals surface area contributed by atoms with Gasteiger partial charge in [0.2, 0.25) is 0 Å². The van der Waals surface area contributed by atoms with Gasteiger partial charge in [-0.1, -0.05) is 54.6 Å². The molecule has 0 unspecified atom stereocenters. The van der Waals surface area contributed by atoms with Crippen molar-refractivity contribution in [1.82, 2.24) is 0 Å². The minimum atomic E-state index is -1.25. The number of ketones is 1. The van der Waals surface area contributed by atoms with Crippen molar-refractivity contribution >= 4 is 23.4 Å². The summed E-state index contributed by atoms with van der Waals surface area (Å²) in [5, 5.41) is 0. The van der Waals surface area contributed by atoms with E-state index in [0.717, 1.165) is 0 Å². The first-order chi connectivity index (χ1) is 20.3. The molecule has 0 bridgehead atoms. The number of anilines is 1. The molecule has 0 saturated heterocycles. The van der Waals surface area contributed by atoms with Crippen molar-refractivity contribution < 1.29 is 32.6 Å². The molecule has 0 spiro atoms. The predicted octanol–water partition coefficient (Wildman–Crippen LogP) is 5.49. The van der Waals surface area contributed by atoms with E-state index in [2.05, 4.69) is 0 Å². The number of para-hydroxylation sites is 1. The summed E-state index contributed by atoms with van der Waals surface area (Å²) in [6, 6.07) is 20.2. The van der Waals surface area contributed by atoms with Gasteiger partial charge >= 0.3 is 11.9 Å². The predicted molar refractivity (Wildman–Crippen MR) is 152 cm³/mol.